The second-order valence-corrected chi connectivity index (χ2v) is 12.1. The Morgan fingerprint density at radius 3 is 2.61 bits per heavy atom. The molecular formula is C25H30N4O2S2. The van der Waals surface area contributed by atoms with Crippen LogP contribution in [0.15, 0.2) is 52.9 Å². The van der Waals surface area contributed by atoms with Gasteiger partial charge in [0.25, 0.3) is 0 Å². The molecule has 6 nitrogen and oxygen atoms in total. The third kappa shape index (κ3) is 4.71. The van der Waals surface area contributed by atoms with Gasteiger partial charge in [0.1, 0.15) is 4.21 Å². The number of rotatable bonds is 5. The number of nitrogens with zero attached hydrogens (tertiary/aromatic N) is 3. The van der Waals surface area contributed by atoms with E-state index in [9.17, 15) is 8.42 Å². The summed E-state index contributed by atoms with van der Waals surface area (Å²) >= 11 is 1.27. The summed E-state index contributed by atoms with van der Waals surface area (Å²) in [5.74, 6) is 0. The molecule has 174 valence electrons. The maximum Gasteiger partial charge on any atom is 0.250 e. The number of likely N-dealkylation sites (N-methyl/N-ethyl adjacent to an activating group) is 1. The van der Waals surface area contributed by atoms with Gasteiger partial charge in [-0.25, -0.2) is 13.1 Å². The van der Waals surface area contributed by atoms with Crippen LogP contribution in [0.5, 0.6) is 0 Å². The van der Waals surface area contributed by atoms with E-state index in [2.05, 4.69) is 45.6 Å². The first kappa shape index (κ1) is 22.5. The number of piperazine rings is 1. The Morgan fingerprint density at radius 2 is 1.85 bits per heavy atom. The Kier molecular flexibility index (Phi) is 6.26. The maximum absolute atomic E-state index is 13.2. The average molecular weight is 483 g/mol. The van der Waals surface area contributed by atoms with E-state index < -0.39 is 10.0 Å². The van der Waals surface area contributed by atoms with Crippen LogP contribution in [0.1, 0.15) is 23.1 Å². The number of hydrogen-bond acceptors (Lipinski definition) is 6. The summed E-state index contributed by atoms with van der Waals surface area (Å²) in [7, 11) is -1.42. The molecule has 2 aliphatic rings. The molecule has 1 aliphatic carbocycles. The van der Waals surface area contributed by atoms with Crippen LogP contribution in [0.25, 0.3) is 10.6 Å². The SMILES string of the molecule is Cc1ccc(N2CCN(C)CC2)c2c1CC[C@@H](NS(=O)(=O)c1ccc(-c3ccccn3)s1)C2. The Hall–Kier alpha value is -2.26. The molecule has 0 amide bonds. The summed E-state index contributed by atoms with van der Waals surface area (Å²) in [6, 6.07) is 13.5. The quantitative estimate of drug-likeness (QED) is 0.601. The number of nitrogens with one attached hydrogen (secondary N) is 1. The number of aromatic nitrogens is 1. The first-order valence-corrected chi connectivity index (χ1v) is 13.8. The third-order valence-corrected chi connectivity index (χ3v) is 9.88. The fraction of sp³-hybridized carbons (Fsp3) is 0.400. The number of hydrogen-bond donors (Lipinski definition) is 1. The Bertz CT molecular complexity index is 1230. The molecule has 8 heteroatoms. The Morgan fingerprint density at radius 1 is 1.03 bits per heavy atom. The van der Waals surface area contributed by atoms with Crippen LogP contribution in [-0.4, -0.2) is 57.6 Å². The lowest BCUT2D eigenvalue weighted by Crippen LogP contribution is -2.45. The topological polar surface area (TPSA) is 65.5 Å². The van der Waals surface area contributed by atoms with Crippen molar-refractivity contribution in [1.82, 2.24) is 14.6 Å². The number of sulfonamides is 1. The molecule has 1 N–H and O–H groups in total. The second kappa shape index (κ2) is 9.18. The molecule has 3 heterocycles. The zero-order valence-corrected chi connectivity index (χ0v) is 20.8. The van der Waals surface area contributed by atoms with Gasteiger partial charge in [-0.2, -0.15) is 0 Å². The van der Waals surface area contributed by atoms with E-state index in [0.29, 0.717) is 4.21 Å². The fourth-order valence-electron chi connectivity index (χ4n) is 4.87. The van der Waals surface area contributed by atoms with Gasteiger partial charge in [0.15, 0.2) is 0 Å². The number of fused-ring (bicyclic) bond motifs is 1. The molecule has 1 fully saturated rings. The van der Waals surface area contributed by atoms with Crippen molar-refractivity contribution in [1.29, 1.82) is 0 Å². The fourth-order valence-corrected chi connectivity index (χ4v) is 7.44. The van der Waals surface area contributed by atoms with Crippen molar-refractivity contribution in [2.24, 2.45) is 0 Å². The van der Waals surface area contributed by atoms with Crippen LogP contribution in [0, 0.1) is 6.92 Å². The van der Waals surface area contributed by atoms with Crippen molar-refractivity contribution in [3.05, 3.63) is 65.4 Å². The van der Waals surface area contributed by atoms with Crippen molar-refractivity contribution < 1.29 is 8.42 Å². The summed E-state index contributed by atoms with van der Waals surface area (Å²) in [4.78, 5) is 10.0. The molecule has 0 bridgehead atoms. The number of benzene rings is 1. The minimum absolute atomic E-state index is 0.101. The minimum atomic E-state index is -3.58. The molecule has 33 heavy (non-hydrogen) atoms. The van der Waals surface area contributed by atoms with E-state index in [-0.39, 0.29) is 6.04 Å². The Balaban J connectivity index is 1.36. The lowest BCUT2D eigenvalue weighted by atomic mass is 9.84. The molecule has 3 aromatic rings. The van der Waals surface area contributed by atoms with Crippen molar-refractivity contribution in [2.75, 3.05) is 38.1 Å². The van der Waals surface area contributed by atoms with E-state index in [0.717, 1.165) is 56.0 Å². The molecule has 2 aromatic heterocycles. The zero-order chi connectivity index (χ0) is 23.0. The summed E-state index contributed by atoms with van der Waals surface area (Å²) in [6.45, 7) is 6.29. The van der Waals surface area contributed by atoms with E-state index in [4.69, 9.17) is 0 Å². The van der Waals surface area contributed by atoms with Crippen LogP contribution in [-0.2, 0) is 22.9 Å². The summed E-state index contributed by atoms with van der Waals surface area (Å²) in [5.41, 5.74) is 6.10. The van der Waals surface area contributed by atoms with Gasteiger partial charge in [-0.05, 0) is 80.3 Å². The van der Waals surface area contributed by atoms with Gasteiger partial charge in [0.05, 0.1) is 10.6 Å². The van der Waals surface area contributed by atoms with Crippen LogP contribution in [0.3, 0.4) is 0 Å². The van der Waals surface area contributed by atoms with Gasteiger partial charge in [-0.15, -0.1) is 11.3 Å². The number of anilines is 1. The van der Waals surface area contributed by atoms with Gasteiger partial charge in [-0.1, -0.05) is 12.1 Å². The molecule has 1 saturated heterocycles. The van der Waals surface area contributed by atoms with Gasteiger partial charge in [0.2, 0.25) is 10.0 Å². The number of pyridine rings is 1. The van der Waals surface area contributed by atoms with Crippen LogP contribution < -0.4 is 9.62 Å². The second-order valence-electron chi connectivity index (χ2n) is 9.04. The summed E-state index contributed by atoms with van der Waals surface area (Å²) in [5, 5.41) is 0. The van der Waals surface area contributed by atoms with Gasteiger partial charge in [-0.3, -0.25) is 4.98 Å². The lowest BCUT2D eigenvalue weighted by Gasteiger charge is -2.37. The van der Waals surface area contributed by atoms with Gasteiger partial charge in [0, 0.05) is 44.1 Å². The molecule has 0 radical (unpaired) electrons. The molecule has 0 unspecified atom stereocenters. The predicted octanol–water partition coefficient (Wildman–Crippen LogP) is 3.71. The number of thiophene rings is 1. The summed E-state index contributed by atoms with van der Waals surface area (Å²) < 4.78 is 29.8. The molecule has 1 aliphatic heterocycles. The van der Waals surface area contributed by atoms with Crippen LogP contribution in [0.2, 0.25) is 0 Å². The molecule has 1 aromatic carbocycles. The molecule has 1 atom stereocenters. The standard InChI is InChI=1S/C25H30N4O2S2/c1-18-6-9-23(29-15-13-28(2)14-16-29)21-17-19(7-8-20(18)21)27-33(30,31)25-11-10-24(32-25)22-5-3-4-12-26-22/h3-6,9-12,19,27H,7-8,13-17H2,1-2H3/t19-/m1/s1. The predicted molar refractivity (Wildman–Crippen MR) is 135 cm³/mol. The highest BCUT2D eigenvalue weighted by atomic mass is 32.2. The lowest BCUT2D eigenvalue weighted by molar-refractivity contribution is 0.312. The minimum Gasteiger partial charge on any atom is -0.369 e. The van der Waals surface area contributed by atoms with Crippen LogP contribution in [0.4, 0.5) is 5.69 Å². The highest BCUT2D eigenvalue weighted by molar-refractivity contribution is 7.91. The highest BCUT2D eigenvalue weighted by Gasteiger charge is 2.29. The smallest absolute Gasteiger partial charge is 0.250 e. The van der Waals surface area contributed by atoms with Crippen molar-refractivity contribution in [3.63, 3.8) is 0 Å². The highest BCUT2D eigenvalue weighted by Crippen LogP contribution is 2.35. The molecule has 0 saturated carbocycles. The third-order valence-electron chi connectivity index (χ3n) is 6.76. The van der Waals surface area contributed by atoms with E-state index >= 15 is 0 Å². The zero-order valence-electron chi connectivity index (χ0n) is 19.1. The van der Waals surface area contributed by atoms with Crippen molar-refractivity contribution in [2.45, 2.75) is 36.4 Å². The molecule has 5 rings (SSSR count). The van der Waals surface area contributed by atoms with E-state index in [1.165, 1.54) is 33.7 Å². The Labute approximate surface area is 200 Å². The molecular weight excluding hydrogens is 452 g/mol. The average Bonchev–Trinajstić information content (AvgIpc) is 3.32. The van der Waals surface area contributed by atoms with Crippen molar-refractivity contribution in [3.8, 4) is 10.6 Å². The largest absolute Gasteiger partial charge is 0.369 e. The first-order chi connectivity index (χ1) is 15.9. The normalized spacial score (nSPS) is 19.5. The van der Waals surface area contributed by atoms with Crippen molar-refractivity contribution >= 4 is 27.0 Å². The maximum atomic E-state index is 13.2. The number of aryl methyl sites for hydroxylation is 1. The van der Waals surface area contributed by atoms with Gasteiger partial charge >= 0.3 is 0 Å². The van der Waals surface area contributed by atoms with Crippen LogP contribution >= 0.6 is 11.3 Å². The van der Waals surface area contributed by atoms with Gasteiger partial charge < -0.3 is 9.80 Å². The summed E-state index contributed by atoms with van der Waals surface area (Å²) in [6.07, 6.45) is 4.18. The van der Waals surface area contributed by atoms with E-state index in [1.54, 1.807) is 12.3 Å². The molecule has 0 spiro atoms. The first-order valence-electron chi connectivity index (χ1n) is 11.5. The van der Waals surface area contributed by atoms with E-state index in [1.807, 2.05) is 24.3 Å². The monoisotopic (exact) mass is 482 g/mol.